The van der Waals surface area contributed by atoms with Gasteiger partial charge in [0, 0.05) is 17.2 Å². The number of hydrogen-bond acceptors (Lipinski definition) is 4. The normalized spacial score (nSPS) is 20.6. The van der Waals surface area contributed by atoms with Gasteiger partial charge in [0.25, 0.3) is 17.7 Å². The number of rotatable bonds is 2. The molecule has 0 fully saturated rings. The van der Waals surface area contributed by atoms with Crippen molar-refractivity contribution in [1.29, 1.82) is 0 Å². The van der Waals surface area contributed by atoms with E-state index in [4.69, 9.17) is 4.74 Å². The van der Waals surface area contributed by atoms with Crippen molar-refractivity contribution in [3.05, 3.63) is 58.7 Å². The van der Waals surface area contributed by atoms with Crippen molar-refractivity contribution in [3.8, 4) is 5.75 Å². The first-order chi connectivity index (χ1) is 12.0. The Morgan fingerprint density at radius 3 is 2.64 bits per heavy atom. The Kier molecular flexibility index (Phi) is 3.35. The van der Waals surface area contributed by atoms with Gasteiger partial charge in [0.1, 0.15) is 11.9 Å². The first-order valence-corrected chi connectivity index (χ1v) is 8.06. The largest absolute Gasteiger partial charge is 0.489 e. The van der Waals surface area contributed by atoms with E-state index >= 15 is 0 Å². The van der Waals surface area contributed by atoms with Crippen LogP contribution >= 0.6 is 0 Å². The Morgan fingerprint density at radius 1 is 1.08 bits per heavy atom. The first-order valence-electron chi connectivity index (χ1n) is 8.06. The van der Waals surface area contributed by atoms with Crippen LogP contribution in [-0.4, -0.2) is 23.8 Å². The van der Waals surface area contributed by atoms with Crippen molar-refractivity contribution in [2.24, 2.45) is 0 Å². The molecule has 25 heavy (non-hydrogen) atoms. The molecule has 0 saturated carbocycles. The summed E-state index contributed by atoms with van der Waals surface area (Å²) in [5.74, 6) is -0.368. The SMILES string of the molecule is C[C@@H]1Oc2c(C(=O)Nc3ccc4c(c3)C(=O)NC4=O)cccc2[C@@H]1C. The van der Waals surface area contributed by atoms with Gasteiger partial charge in [-0.2, -0.15) is 0 Å². The molecule has 2 aromatic carbocycles. The fraction of sp³-hybridized carbons (Fsp3) is 0.211. The zero-order chi connectivity index (χ0) is 17.7. The minimum absolute atomic E-state index is 0.0126. The van der Waals surface area contributed by atoms with Crippen LogP contribution in [0.2, 0.25) is 0 Å². The van der Waals surface area contributed by atoms with Gasteiger partial charge in [-0.15, -0.1) is 0 Å². The van der Waals surface area contributed by atoms with E-state index in [1.165, 1.54) is 12.1 Å². The van der Waals surface area contributed by atoms with Crippen LogP contribution in [0.3, 0.4) is 0 Å². The summed E-state index contributed by atoms with van der Waals surface area (Å²) >= 11 is 0. The summed E-state index contributed by atoms with van der Waals surface area (Å²) in [5.41, 5.74) is 2.49. The molecule has 4 rings (SSSR count). The van der Waals surface area contributed by atoms with Crippen molar-refractivity contribution in [2.75, 3.05) is 5.32 Å². The van der Waals surface area contributed by atoms with E-state index in [2.05, 4.69) is 17.6 Å². The molecule has 2 atom stereocenters. The number of imide groups is 1. The average Bonchev–Trinajstić information content (AvgIpc) is 3.04. The van der Waals surface area contributed by atoms with Gasteiger partial charge in [-0.05, 0) is 31.2 Å². The van der Waals surface area contributed by atoms with Crippen molar-refractivity contribution < 1.29 is 19.1 Å². The number of fused-ring (bicyclic) bond motifs is 2. The van der Waals surface area contributed by atoms with Crippen molar-refractivity contribution in [3.63, 3.8) is 0 Å². The van der Waals surface area contributed by atoms with E-state index in [1.807, 2.05) is 19.1 Å². The van der Waals surface area contributed by atoms with Crippen molar-refractivity contribution in [1.82, 2.24) is 5.32 Å². The van der Waals surface area contributed by atoms with E-state index in [0.29, 0.717) is 22.6 Å². The van der Waals surface area contributed by atoms with Gasteiger partial charge >= 0.3 is 0 Å². The molecular weight excluding hydrogens is 320 g/mol. The molecule has 0 spiro atoms. The van der Waals surface area contributed by atoms with Crippen molar-refractivity contribution in [2.45, 2.75) is 25.9 Å². The topological polar surface area (TPSA) is 84.5 Å². The fourth-order valence-electron chi connectivity index (χ4n) is 3.21. The zero-order valence-corrected chi connectivity index (χ0v) is 13.8. The minimum atomic E-state index is -0.456. The second-order valence-electron chi connectivity index (χ2n) is 6.33. The third-order valence-electron chi connectivity index (χ3n) is 4.78. The molecule has 126 valence electrons. The van der Waals surface area contributed by atoms with Crippen LogP contribution < -0.4 is 15.4 Å². The molecule has 2 aliphatic heterocycles. The summed E-state index contributed by atoms with van der Waals surface area (Å²) in [6.07, 6.45) is 0.0126. The van der Waals surface area contributed by atoms with Gasteiger partial charge in [0.2, 0.25) is 0 Å². The fourth-order valence-corrected chi connectivity index (χ4v) is 3.21. The maximum Gasteiger partial charge on any atom is 0.259 e. The van der Waals surface area contributed by atoms with Gasteiger partial charge in [-0.1, -0.05) is 19.1 Å². The lowest BCUT2D eigenvalue weighted by molar-refractivity contribution is 0.0878. The Hall–Kier alpha value is -3.15. The van der Waals surface area contributed by atoms with Crippen LogP contribution in [-0.2, 0) is 0 Å². The lowest BCUT2D eigenvalue weighted by atomic mass is 9.97. The molecule has 0 radical (unpaired) electrons. The summed E-state index contributed by atoms with van der Waals surface area (Å²) in [5, 5.41) is 5.00. The first kappa shape index (κ1) is 15.4. The van der Waals surface area contributed by atoms with E-state index in [-0.39, 0.29) is 23.5 Å². The summed E-state index contributed by atoms with van der Waals surface area (Å²) in [6.45, 7) is 4.04. The minimum Gasteiger partial charge on any atom is -0.489 e. The quantitative estimate of drug-likeness (QED) is 0.826. The van der Waals surface area contributed by atoms with Crippen LogP contribution in [0.5, 0.6) is 5.75 Å². The summed E-state index contributed by atoms with van der Waals surface area (Å²) in [4.78, 5) is 36.0. The van der Waals surface area contributed by atoms with Gasteiger partial charge in [0.05, 0.1) is 16.7 Å². The second-order valence-corrected chi connectivity index (χ2v) is 6.33. The maximum atomic E-state index is 12.7. The number of para-hydroxylation sites is 1. The highest BCUT2D eigenvalue weighted by molar-refractivity contribution is 6.22. The molecule has 0 aliphatic carbocycles. The van der Waals surface area contributed by atoms with E-state index < -0.39 is 11.8 Å². The molecule has 0 aromatic heterocycles. The second kappa shape index (κ2) is 5.44. The number of amides is 3. The van der Waals surface area contributed by atoms with E-state index in [9.17, 15) is 14.4 Å². The van der Waals surface area contributed by atoms with Gasteiger partial charge in [-0.25, -0.2) is 0 Å². The molecule has 0 saturated heterocycles. The van der Waals surface area contributed by atoms with Gasteiger partial charge in [-0.3, -0.25) is 19.7 Å². The van der Waals surface area contributed by atoms with Crippen LogP contribution in [0.25, 0.3) is 0 Å². The number of ether oxygens (including phenoxy) is 1. The third kappa shape index (κ3) is 2.38. The number of nitrogens with one attached hydrogen (secondary N) is 2. The number of hydrogen-bond donors (Lipinski definition) is 2. The molecule has 0 unspecified atom stereocenters. The maximum absolute atomic E-state index is 12.7. The number of benzene rings is 2. The van der Waals surface area contributed by atoms with Crippen LogP contribution in [0, 0.1) is 0 Å². The molecule has 2 N–H and O–H groups in total. The number of anilines is 1. The molecule has 2 aliphatic rings. The third-order valence-corrected chi connectivity index (χ3v) is 4.78. The molecule has 6 nitrogen and oxygen atoms in total. The molecule has 2 aromatic rings. The van der Waals surface area contributed by atoms with Gasteiger partial charge in [0.15, 0.2) is 0 Å². The molecular formula is C19H16N2O4. The van der Waals surface area contributed by atoms with E-state index in [0.717, 1.165) is 5.56 Å². The standard InChI is InChI=1S/C19H16N2O4/c1-9-10(2)25-16-12(9)4-3-5-14(16)18(23)20-11-6-7-13-15(8-11)19(24)21-17(13)22/h3-10H,1-2H3,(H,20,23)(H,21,22,24)/t9-,10+/m1/s1. The zero-order valence-electron chi connectivity index (χ0n) is 13.8. The summed E-state index contributed by atoms with van der Waals surface area (Å²) in [6, 6.07) is 10.1. The van der Waals surface area contributed by atoms with Crippen LogP contribution in [0.4, 0.5) is 5.69 Å². The summed E-state index contributed by atoms with van der Waals surface area (Å²) < 4.78 is 5.84. The highest BCUT2D eigenvalue weighted by atomic mass is 16.5. The Morgan fingerprint density at radius 2 is 1.84 bits per heavy atom. The Labute approximate surface area is 144 Å². The number of carbonyl (C=O) groups excluding carboxylic acids is 3. The molecule has 2 heterocycles. The van der Waals surface area contributed by atoms with Crippen LogP contribution in [0.15, 0.2) is 36.4 Å². The Balaban J connectivity index is 1.64. The molecule has 0 bridgehead atoms. The number of carbonyl (C=O) groups is 3. The highest BCUT2D eigenvalue weighted by Crippen LogP contribution is 2.40. The smallest absolute Gasteiger partial charge is 0.259 e. The van der Waals surface area contributed by atoms with Crippen LogP contribution in [0.1, 0.15) is 56.4 Å². The predicted molar refractivity (Wildman–Crippen MR) is 91.1 cm³/mol. The lowest BCUT2D eigenvalue weighted by Gasteiger charge is -2.10. The highest BCUT2D eigenvalue weighted by Gasteiger charge is 2.31. The molecule has 6 heteroatoms. The predicted octanol–water partition coefficient (Wildman–Crippen LogP) is 2.71. The van der Waals surface area contributed by atoms with Crippen molar-refractivity contribution >= 4 is 23.4 Å². The van der Waals surface area contributed by atoms with E-state index in [1.54, 1.807) is 12.1 Å². The van der Waals surface area contributed by atoms with Gasteiger partial charge < -0.3 is 10.1 Å². The molecule has 3 amide bonds. The monoisotopic (exact) mass is 336 g/mol. The average molecular weight is 336 g/mol. The Bertz CT molecular complexity index is 935. The summed E-state index contributed by atoms with van der Waals surface area (Å²) in [7, 11) is 0. The lowest BCUT2D eigenvalue weighted by Crippen LogP contribution is -2.19.